The van der Waals surface area contributed by atoms with Crippen LogP contribution in [-0.2, 0) is 9.59 Å². The van der Waals surface area contributed by atoms with Gasteiger partial charge < -0.3 is 10.6 Å². The first-order chi connectivity index (χ1) is 13.3. The number of nitrogens with zero attached hydrogens (tertiary/aromatic N) is 1. The maximum Gasteiger partial charge on any atom is 0.241 e. The van der Waals surface area contributed by atoms with E-state index in [2.05, 4.69) is 10.6 Å². The van der Waals surface area contributed by atoms with E-state index in [9.17, 15) is 9.59 Å². The summed E-state index contributed by atoms with van der Waals surface area (Å²) >= 11 is 12.0. The largest absolute Gasteiger partial charge is 0.325 e. The lowest BCUT2D eigenvalue weighted by Gasteiger charge is -2.23. The van der Waals surface area contributed by atoms with Crippen molar-refractivity contribution in [1.82, 2.24) is 4.90 Å². The van der Waals surface area contributed by atoms with Crippen LogP contribution in [0.3, 0.4) is 0 Å². The fourth-order valence-electron chi connectivity index (χ4n) is 3.38. The smallest absolute Gasteiger partial charge is 0.241 e. The molecule has 0 aliphatic carbocycles. The van der Waals surface area contributed by atoms with Gasteiger partial charge in [0.1, 0.15) is 0 Å². The SMILES string of the molecule is Cc1cccc(NC(=O)CN2CCC[C@@H]2C(=O)Nc2ccc(Cl)cc2Cl)c1C. The van der Waals surface area contributed by atoms with Crippen LogP contribution >= 0.6 is 23.2 Å². The molecular weight excluding hydrogens is 397 g/mol. The van der Waals surface area contributed by atoms with Crippen LogP contribution < -0.4 is 10.6 Å². The van der Waals surface area contributed by atoms with Crippen LogP contribution in [0.4, 0.5) is 11.4 Å². The van der Waals surface area contributed by atoms with Crippen molar-refractivity contribution in [3.05, 3.63) is 57.6 Å². The Bertz CT molecular complexity index is 901. The van der Waals surface area contributed by atoms with Crippen LogP contribution in [0.15, 0.2) is 36.4 Å². The molecule has 2 amide bonds. The molecule has 0 unspecified atom stereocenters. The van der Waals surface area contributed by atoms with Gasteiger partial charge in [-0.2, -0.15) is 0 Å². The third-order valence-corrected chi connectivity index (χ3v) is 5.63. The number of halogens is 2. The highest BCUT2D eigenvalue weighted by Gasteiger charge is 2.32. The first-order valence-electron chi connectivity index (χ1n) is 9.21. The maximum absolute atomic E-state index is 12.7. The second-order valence-corrected chi connectivity index (χ2v) is 7.88. The Kier molecular flexibility index (Phi) is 6.60. The molecule has 1 saturated heterocycles. The van der Waals surface area contributed by atoms with Crippen molar-refractivity contribution >= 4 is 46.4 Å². The molecule has 5 nitrogen and oxygen atoms in total. The molecule has 2 aromatic carbocycles. The summed E-state index contributed by atoms with van der Waals surface area (Å²) in [5.74, 6) is -0.292. The average molecular weight is 420 g/mol. The van der Waals surface area contributed by atoms with Gasteiger partial charge in [-0.25, -0.2) is 0 Å². The highest BCUT2D eigenvalue weighted by atomic mass is 35.5. The number of hydrogen-bond donors (Lipinski definition) is 2. The molecular formula is C21H23Cl2N3O2. The highest BCUT2D eigenvalue weighted by Crippen LogP contribution is 2.27. The number of hydrogen-bond acceptors (Lipinski definition) is 3. The van der Waals surface area contributed by atoms with Crippen molar-refractivity contribution in [2.45, 2.75) is 32.7 Å². The van der Waals surface area contributed by atoms with Gasteiger partial charge in [-0.05, 0) is 68.6 Å². The van der Waals surface area contributed by atoms with E-state index in [4.69, 9.17) is 23.2 Å². The normalized spacial score (nSPS) is 16.8. The Morgan fingerprint density at radius 1 is 1.11 bits per heavy atom. The topological polar surface area (TPSA) is 61.4 Å². The molecule has 0 radical (unpaired) electrons. The second kappa shape index (κ2) is 8.95. The zero-order chi connectivity index (χ0) is 20.3. The number of aryl methyl sites for hydroxylation is 1. The molecule has 7 heteroatoms. The van der Waals surface area contributed by atoms with Crippen molar-refractivity contribution in [3.63, 3.8) is 0 Å². The quantitative estimate of drug-likeness (QED) is 0.740. The van der Waals surface area contributed by atoms with Crippen molar-refractivity contribution in [2.75, 3.05) is 23.7 Å². The molecule has 2 N–H and O–H groups in total. The van der Waals surface area contributed by atoms with Crippen LogP contribution in [0.1, 0.15) is 24.0 Å². The maximum atomic E-state index is 12.7. The Morgan fingerprint density at radius 2 is 1.89 bits per heavy atom. The van der Waals surface area contributed by atoms with Crippen molar-refractivity contribution in [1.29, 1.82) is 0 Å². The minimum atomic E-state index is -0.365. The molecule has 1 heterocycles. The molecule has 1 aliphatic heterocycles. The number of nitrogens with one attached hydrogen (secondary N) is 2. The van der Waals surface area contributed by atoms with E-state index in [1.807, 2.05) is 36.9 Å². The summed E-state index contributed by atoms with van der Waals surface area (Å²) in [6, 6.07) is 10.4. The number of rotatable bonds is 5. The van der Waals surface area contributed by atoms with Crippen LogP contribution in [0.25, 0.3) is 0 Å². The zero-order valence-electron chi connectivity index (χ0n) is 15.9. The average Bonchev–Trinajstić information content (AvgIpc) is 3.09. The zero-order valence-corrected chi connectivity index (χ0v) is 17.4. The van der Waals surface area contributed by atoms with Gasteiger partial charge in [0.25, 0.3) is 0 Å². The van der Waals surface area contributed by atoms with Gasteiger partial charge in [-0.3, -0.25) is 14.5 Å². The monoisotopic (exact) mass is 419 g/mol. The van der Waals surface area contributed by atoms with Gasteiger partial charge in [0.2, 0.25) is 11.8 Å². The van der Waals surface area contributed by atoms with Crippen LogP contribution in [-0.4, -0.2) is 35.8 Å². The predicted octanol–water partition coefficient (Wildman–Crippen LogP) is 4.65. The minimum absolute atomic E-state index is 0.127. The van der Waals surface area contributed by atoms with Gasteiger partial charge in [-0.1, -0.05) is 35.3 Å². The van der Waals surface area contributed by atoms with Crippen molar-refractivity contribution in [3.8, 4) is 0 Å². The lowest BCUT2D eigenvalue weighted by molar-refractivity contribution is -0.122. The fourth-order valence-corrected chi connectivity index (χ4v) is 3.84. The van der Waals surface area contributed by atoms with Crippen LogP contribution in [0, 0.1) is 13.8 Å². The first kappa shape index (κ1) is 20.6. The minimum Gasteiger partial charge on any atom is -0.325 e. The molecule has 3 rings (SSSR count). The van der Waals surface area contributed by atoms with Crippen LogP contribution in [0.2, 0.25) is 10.0 Å². The molecule has 0 saturated carbocycles. The summed E-state index contributed by atoms with van der Waals surface area (Å²) in [4.78, 5) is 27.2. The molecule has 0 spiro atoms. The van der Waals surface area contributed by atoms with E-state index in [-0.39, 0.29) is 24.4 Å². The van der Waals surface area contributed by atoms with E-state index in [1.54, 1.807) is 18.2 Å². The van der Waals surface area contributed by atoms with Crippen molar-refractivity contribution < 1.29 is 9.59 Å². The summed E-state index contributed by atoms with van der Waals surface area (Å²) in [6.07, 6.45) is 1.57. The van der Waals surface area contributed by atoms with Gasteiger partial charge in [0, 0.05) is 10.7 Å². The molecule has 28 heavy (non-hydrogen) atoms. The van der Waals surface area contributed by atoms with Gasteiger partial charge in [0.05, 0.1) is 23.3 Å². The third kappa shape index (κ3) is 4.85. The molecule has 0 aromatic heterocycles. The van der Waals surface area contributed by atoms with Gasteiger partial charge in [-0.15, -0.1) is 0 Å². The first-order valence-corrected chi connectivity index (χ1v) is 9.97. The standard InChI is InChI=1S/C21H23Cl2N3O2/c1-13-5-3-6-17(14(13)2)24-20(27)12-26-10-4-7-19(26)21(28)25-18-9-8-15(22)11-16(18)23/h3,5-6,8-9,11,19H,4,7,10,12H2,1-2H3,(H,24,27)(H,25,28)/t19-/m1/s1. The number of anilines is 2. The molecule has 1 atom stereocenters. The van der Waals surface area contributed by atoms with Crippen molar-refractivity contribution in [2.24, 2.45) is 0 Å². The lowest BCUT2D eigenvalue weighted by atomic mass is 10.1. The van der Waals surface area contributed by atoms with E-state index < -0.39 is 0 Å². The van der Waals surface area contributed by atoms with Gasteiger partial charge >= 0.3 is 0 Å². The molecule has 0 bridgehead atoms. The summed E-state index contributed by atoms with van der Waals surface area (Å²) < 4.78 is 0. The predicted molar refractivity (Wildman–Crippen MR) is 114 cm³/mol. The Labute approximate surface area is 175 Å². The fraction of sp³-hybridized carbons (Fsp3) is 0.333. The summed E-state index contributed by atoms with van der Waals surface area (Å²) in [7, 11) is 0. The Balaban J connectivity index is 1.63. The number of carbonyl (C=O) groups excluding carboxylic acids is 2. The van der Waals surface area contributed by atoms with E-state index in [0.29, 0.717) is 28.7 Å². The summed E-state index contributed by atoms with van der Waals surface area (Å²) in [5, 5.41) is 6.70. The third-order valence-electron chi connectivity index (χ3n) is 5.08. The summed E-state index contributed by atoms with van der Waals surface area (Å²) in [6.45, 7) is 4.85. The number of carbonyl (C=O) groups is 2. The van der Waals surface area contributed by atoms with E-state index in [1.165, 1.54) is 0 Å². The van der Waals surface area contributed by atoms with E-state index in [0.717, 1.165) is 23.2 Å². The molecule has 2 aromatic rings. The van der Waals surface area contributed by atoms with Gasteiger partial charge in [0.15, 0.2) is 0 Å². The van der Waals surface area contributed by atoms with Crippen LogP contribution in [0.5, 0.6) is 0 Å². The van der Waals surface area contributed by atoms with E-state index >= 15 is 0 Å². The molecule has 148 valence electrons. The number of benzene rings is 2. The summed E-state index contributed by atoms with van der Waals surface area (Å²) in [5.41, 5.74) is 3.49. The molecule has 1 aliphatic rings. The molecule has 1 fully saturated rings. The lowest BCUT2D eigenvalue weighted by Crippen LogP contribution is -2.43. The highest BCUT2D eigenvalue weighted by molar-refractivity contribution is 6.36. The number of likely N-dealkylation sites (tertiary alicyclic amines) is 1. The Hall–Kier alpha value is -2.08. The second-order valence-electron chi connectivity index (χ2n) is 7.04. The Morgan fingerprint density at radius 3 is 2.64 bits per heavy atom. The number of amides is 2.